The number of hydrogen-bond donors (Lipinski definition) is 1. The lowest BCUT2D eigenvalue weighted by atomic mass is 9.87. The molecular weight excluding hydrogens is 224 g/mol. The van der Waals surface area contributed by atoms with Crippen LogP contribution in [0.4, 0.5) is 5.69 Å². The van der Waals surface area contributed by atoms with E-state index in [0.717, 1.165) is 18.8 Å². The number of nitrogens with one attached hydrogen (secondary N) is 1. The van der Waals surface area contributed by atoms with E-state index in [1.54, 1.807) is 7.11 Å². The molecule has 0 amide bonds. The summed E-state index contributed by atoms with van der Waals surface area (Å²) in [6.45, 7) is 2.17. The molecule has 3 heteroatoms. The summed E-state index contributed by atoms with van der Waals surface area (Å²) in [6.07, 6.45) is 5.34. The molecule has 1 saturated carbocycles. The maximum atomic E-state index is 5.52. The van der Waals surface area contributed by atoms with E-state index in [2.05, 4.69) is 28.4 Å². The Kier molecular flexibility index (Phi) is 3.41. The monoisotopic (exact) mass is 246 g/mol. The Morgan fingerprint density at radius 3 is 2.94 bits per heavy atom. The zero-order chi connectivity index (χ0) is 12.4. The first kappa shape index (κ1) is 11.8. The topological polar surface area (TPSA) is 24.5 Å². The summed E-state index contributed by atoms with van der Waals surface area (Å²) in [5.74, 6) is 1.00. The zero-order valence-corrected chi connectivity index (χ0v) is 11.1. The summed E-state index contributed by atoms with van der Waals surface area (Å²) in [6, 6.07) is 9.72. The Morgan fingerprint density at radius 1 is 1.22 bits per heavy atom. The van der Waals surface area contributed by atoms with Gasteiger partial charge in [0.25, 0.3) is 0 Å². The first-order valence-corrected chi connectivity index (χ1v) is 7.03. The molecule has 1 aromatic carbocycles. The largest absolute Gasteiger partial charge is 0.495 e. The van der Waals surface area contributed by atoms with Gasteiger partial charge >= 0.3 is 0 Å². The van der Waals surface area contributed by atoms with Crippen LogP contribution in [0, 0.1) is 0 Å². The molecule has 2 atom stereocenters. The van der Waals surface area contributed by atoms with Crippen molar-refractivity contribution >= 4 is 5.69 Å². The quantitative estimate of drug-likeness (QED) is 0.867. The minimum atomic E-state index is 0.642. The third-order valence-corrected chi connectivity index (χ3v) is 4.28. The van der Waals surface area contributed by atoms with Crippen LogP contribution < -0.4 is 15.0 Å². The van der Waals surface area contributed by atoms with E-state index in [-0.39, 0.29) is 0 Å². The highest BCUT2D eigenvalue weighted by Gasteiger charge is 2.33. The van der Waals surface area contributed by atoms with Gasteiger partial charge in [-0.15, -0.1) is 0 Å². The molecule has 1 N–H and O–H groups in total. The van der Waals surface area contributed by atoms with Crippen molar-refractivity contribution in [1.82, 2.24) is 5.32 Å². The van der Waals surface area contributed by atoms with Gasteiger partial charge in [-0.3, -0.25) is 0 Å². The minimum absolute atomic E-state index is 0.642. The standard InChI is InChI=1S/C15H22N2O/c1-18-15-9-5-4-8-14(15)17-11-10-16-12-6-2-3-7-13(12)17/h4-5,8-9,12-13,16H,2-3,6-7,10-11H2,1H3/t12-,13-/m1/s1. The van der Waals surface area contributed by atoms with Crippen molar-refractivity contribution in [2.45, 2.75) is 37.8 Å². The fourth-order valence-electron chi connectivity index (χ4n) is 3.42. The van der Waals surface area contributed by atoms with Crippen LogP contribution in [0.3, 0.4) is 0 Å². The second kappa shape index (κ2) is 5.19. The van der Waals surface area contributed by atoms with Gasteiger partial charge in [0.2, 0.25) is 0 Å². The molecule has 3 rings (SSSR count). The molecule has 0 aromatic heterocycles. The molecule has 0 radical (unpaired) electrons. The molecule has 1 saturated heterocycles. The Labute approximate surface area is 109 Å². The lowest BCUT2D eigenvalue weighted by Crippen LogP contribution is -2.59. The summed E-state index contributed by atoms with van der Waals surface area (Å²) < 4.78 is 5.52. The number of rotatable bonds is 2. The lowest BCUT2D eigenvalue weighted by molar-refractivity contribution is 0.282. The van der Waals surface area contributed by atoms with E-state index in [1.165, 1.54) is 31.4 Å². The number of methoxy groups -OCH3 is 1. The molecule has 0 spiro atoms. The molecule has 0 unspecified atom stereocenters. The van der Waals surface area contributed by atoms with Crippen molar-refractivity contribution in [3.8, 4) is 5.75 Å². The summed E-state index contributed by atoms with van der Waals surface area (Å²) >= 11 is 0. The van der Waals surface area contributed by atoms with Gasteiger partial charge in [0.1, 0.15) is 5.75 Å². The Hall–Kier alpha value is -1.22. The van der Waals surface area contributed by atoms with E-state index in [4.69, 9.17) is 4.74 Å². The predicted molar refractivity (Wildman–Crippen MR) is 74.4 cm³/mol. The SMILES string of the molecule is COc1ccccc1N1CCN[C@@H]2CCCC[C@H]21. The average Bonchev–Trinajstić information content (AvgIpc) is 2.46. The molecule has 2 aliphatic rings. The number of anilines is 1. The maximum absolute atomic E-state index is 5.52. The van der Waals surface area contributed by atoms with E-state index >= 15 is 0 Å². The van der Waals surface area contributed by atoms with Crippen molar-refractivity contribution in [3.05, 3.63) is 24.3 Å². The molecule has 1 aromatic rings. The van der Waals surface area contributed by atoms with Gasteiger partial charge in [0, 0.05) is 25.2 Å². The second-order valence-electron chi connectivity index (χ2n) is 5.28. The smallest absolute Gasteiger partial charge is 0.142 e. The first-order chi connectivity index (χ1) is 8.90. The lowest BCUT2D eigenvalue weighted by Gasteiger charge is -2.46. The van der Waals surface area contributed by atoms with Crippen LogP contribution in [0.5, 0.6) is 5.75 Å². The highest BCUT2D eigenvalue weighted by molar-refractivity contribution is 5.59. The first-order valence-electron chi connectivity index (χ1n) is 7.03. The number of ether oxygens (including phenoxy) is 1. The third-order valence-electron chi connectivity index (χ3n) is 4.28. The second-order valence-corrected chi connectivity index (χ2v) is 5.28. The Balaban J connectivity index is 1.89. The van der Waals surface area contributed by atoms with Crippen LogP contribution in [0.1, 0.15) is 25.7 Å². The van der Waals surface area contributed by atoms with Crippen molar-refractivity contribution in [3.63, 3.8) is 0 Å². The van der Waals surface area contributed by atoms with E-state index in [0.29, 0.717) is 12.1 Å². The summed E-state index contributed by atoms with van der Waals surface area (Å²) in [5.41, 5.74) is 1.26. The molecule has 98 valence electrons. The molecular formula is C15H22N2O. The molecule has 1 heterocycles. The fourth-order valence-corrected chi connectivity index (χ4v) is 3.42. The molecule has 18 heavy (non-hydrogen) atoms. The van der Waals surface area contributed by atoms with Crippen LogP contribution in [0.25, 0.3) is 0 Å². The predicted octanol–water partition coefficient (Wildman–Crippen LogP) is 2.42. The number of fused-ring (bicyclic) bond motifs is 1. The van der Waals surface area contributed by atoms with Gasteiger partial charge in [-0.05, 0) is 25.0 Å². The number of benzene rings is 1. The average molecular weight is 246 g/mol. The minimum Gasteiger partial charge on any atom is -0.495 e. The van der Waals surface area contributed by atoms with E-state index < -0.39 is 0 Å². The Morgan fingerprint density at radius 2 is 2.06 bits per heavy atom. The maximum Gasteiger partial charge on any atom is 0.142 e. The van der Waals surface area contributed by atoms with Crippen molar-refractivity contribution in [1.29, 1.82) is 0 Å². The van der Waals surface area contributed by atoms with Crippen molar-refractivity contribution in [2.75, 3.05) is 25.1 Å². The van der Waals surface area contributed by atoms with Crippen LogP contribution in [-0.4, -0.2) is 32.3 Å². The normalized spacial score (nSPS) is 27.7. The molecule has 2 fully saturated rings. The van der Waals surface area contributed by atoms with Gasteiger partial charge in [0.15, 0.2) is 0 Å². The molecule has 1 aliphatic heterocycles. The number of piperazine rings is 1. The van der Waals surface area contributed by atoms with Gasteiger partial charge < -0.3 is 15.0 Å². The summed E-state index contributed by atoms with van der Waals surface area (Å²) in [7, 11) is 1.76. The van der Waals surface area contributed by atoms with Crippen LogP contribution in [0.2, 0.25) is 0 Å². The third kappa shape index (κ3) is 2.07. The Bertz CT molecular complexity index is 405. The van der Waals surface area contributed by atoms with Gasteiger partial charge in [-0.2, -0.15) is 0 Å². The van der Waals surface area contributed by atoms with E-state index in [1.807, 2.05) is 6.07 Å². The van der Waals surface area contributed by atoms with Gasteiger partial charge in [-0.1, -0.05) is 25.0 Å². The molecule has 1 aliphatic carbocycles. The number of nitrogens with zero attached hydrogens (tertiary/aromatic N) is 1. The van der Waals surface area contributed by atoms with E-state index in [9.17, 15) is 0 Å². The highest BCUT2D eigenvalue weighted by Crippen LogP contribution is 2.34. The fraction of sp³-hybridized carbons (Fsp3) is 0.600. The number of para-hydroxylation sites is 2. The molecule has 0 bridgehead atoms. The van der Waals surface area contributed by atoms with Gasteiger partial charge in [0.05, 0.1) is 12.8 Å². The summed E-state index contributed by atoms with van der Waals surface area (Å²) in [5, 5.41) is 3.68. The molecule has 3 nitrogen and oxygen atoms in total. The van der Waals surface area contributed by atoms with Crippen LogP contribution in [-0.2, 0) is 0 Å². The number of hydrogen-bond acceptors (Lipinski definition) is 3. The van der Waals surface area contributed by atoms with Crippen LogP contribution in [0.15, 0.2) is 24.3 Å². The van der Waals surface area contributed by atoms with Crippen LogP contribution >= 0.6 is 0 Å². The highest BCUT2D eigenvalue weighted by atomic mass is 16.5. The van der Waals surface area contributed by atoms with Crippen molar-refractivity contribution < 1.29 is 4.74 Å². The van der Waals surface area contributed by atoms with Gasteiger partial charge in [-0.25, -0.2) is 0 Å². The van der Waals surface area contributed by atoms with Crippen molar-refractivity contribution in [2.24, 2.45) is 0 Å². The zero-order valence-electron chi connectivity index (χ0n) is 11.1. The summed E-state index contributed by atoms with van der Waals surface area (Å²) in [4.78, 5) is 2.55.